The number of carbonyl (C=O) groups excluding carboxylic acids is 3. The van der Waals surface area contributed by atoms with Gasteiger partial charge in [-0.2, -0.15) is 0 Å². The van der Waals surface area contributed by atoms with Crippen LogP contribution in [0.25, 0.3) is 0 Å². The Bertz CT molecular complexity index is 1240. The summed E-state index contributed by atoms with van der Waals surface area (Å²) in [6, 6.07) is -3.67. The molecule has 14 nitrogen and oxygen atoms in total. The SMILES string of the molecule is CCCCCCCCCCCCCCCC(=O)N[C@@H](CCC(=O)O)C(=O)N[C@@H](CCCCNC(=O)[C@H](CCC(=O)O)N=C([O-])CCCCCCCCCCCCCCC)C(=O)O.[Na+]. The molecule has 0 aliphatic rings. The third kappa shape index (κ3) is 40.5. The van der Waals surface area contributed by atoms with E-state index in [1.54, 1.807) is 0 Å². The zero-order valence-electron chi connectivity index (χ0n) is 39.8. The van der Waals surface area contributed by atoms with E-state index in [-0.39, 0.29) is 87.5 Å². The molecule has 0 rings (SSSR count). The Kier molecular flexibility index (Phi) is 44.1. The van der Waals surface area contributed by atoms with Crippen LogP contribution in [0.1, 0.15) is 239 Å². The Labute approximate surface area is 402 Å². The van der Waals surface area contributed by atoms with E-state index in [0.717, 1.165) is 38.5 Å². The molecule has 0 aromatic carbocycles. The smallest absolute Gasteiger partial charge is 0.862 e. The standard InChI is InChI=1S/C48H88N4O10.Na/c1-3-5-7-9-11-13-15-17-19-21-23-25-27-32-42(53)50-39(34-36-44(55)56)46(59)49-38-30-29-31-41(48(61)62)52-47(60)40(35-37-45(57)58)51-43(54)33-28-26-24-22-20-18-16-14-12-10-8-6-4-2;/h39-41H,3-38H2,1-2H3,(H,49,59)(H,50,53)(H,51,54)(H,52,60)(H,55,56)(H,57,58)(H,61,62);/q;+1/p-1/t39-,40-,41-;/m0./s1. The van der Waals surface area contributed by atoms with E-state index in [1.165, 1.54) is 116 Å². The fourth-order valence-electron chi connectivity index (χ4n) is 7.49. The summed E-state index contributed by atoms with van der Waals surface area (Å²) in [7, 11) is 0. The molecule has 360 valence electrons. The summed E-state index contributed by atoms with van der Waals surface area (Å²) in [5.41, 5.74) is 0. The van der Waals surface area contributed by atoms with Crippen LogP contribution >= 0.6 is 0 Å². The summed E-state index contributed by atoms with van der Waals surface area (Å²) in [6.45, 7) is 4.56. The number of amides is 3. The van der Waals surface area contributed by atoms with Crippen molar-refractivity contribution in [3.05, 3.63) is 0 Å². The van der Waals surface area contributed by atoms with E-state index in [2.05, 4.69) is 34.8 Å². The molecule has 0 fully saturated rings. The van der Waals surface area contributed by atoms with Crippen LogP contribution in [0.2, 0.25) is 0 Å². The van der Waals surface area contributed by atoms with Crippen molar-refractivity contribution in [2.45, 2.75) is 257 Å². The first-order valence-electron chi connectivity index (χ1n) is 24.7. The summed E-state index contributed by atoms with van der Waals surface area (Å²) < 4.78 is 0. The van der Waals surface area contributed by atoms with Crippen molar-refractivity contribution in [1.29, 1.82) is 0 Å². The van der Waals surface area contributed by atoms with Crippen molar-refractivity contribution in [3.63, 3.8) is 0 Å². The van der Waals surface area contributed by atoms with Crippen LogP contribution in [0.15, 0.2) is 4.99 Å². The van der Waals surface area contributed by atoms with Crippen molar-refractivity contribution in [3.8, 4) is 0 Å². The molecular formula is C48H87N4NaO10. The molecule has 0 radical (unpaired) electrons. The molecule has 15 heteroatoms. The second-order valence-electron chi connectivity index (χ2n) is 17.2. The Morgan fingerprint density at radius 1 is 0.460 bits per heavy atom. The van der Waals surface area contributed by atoms with Crippen LogP contribution in [0, 0.1) is 0 Å². The van der Waals surface area contributed by atoms with Crippen LogP contribution in [0.5, 0.6) is 0 Å². The fraction of sp³-hybridized carbons (Fsp3) is 0.854. The van der Waals surface area contributed by atoms with Gasteiger partial charge >= 0.3 is 47.5 Å². The van der Waals surface area contributed by atoms with Crippen molar-refractivity contribution in [2.24, 2.45) is 4.99 Å². The first-order chi connectivity index (χ1) is 29.9. The third-order valence-electron chi connectivity index (χ3n) is 11.4. The molecule has 0 aromatic rings. The van der Waals surface area contributed by atoms with Crippen molar-refractivity contribution >= 4 is 41.5 Å². The van der Waals surface area contributed by atoms with Crippen LogP contribution in [-0.2, 0) is 28.8 Å². The van der Waals surface area contributed by atoms with Crippen molar-refractivity contribution < 1.29 is 78.8 Å². The monoisotopic (exact) mass is 903 g/mol. The van der Waals surface area contributed by atoms with Gasteiger partial charge in [0, 0.05) is 25.8 Å². The zero-order chi connectivity index (χ0) is 46.1. The minimum absolute atomic E-state index is 0. The van der Waals surface area contributed by atoms with E-state index < -0.39 is 59.7 Å². The maximum absolute atomic E-state index is 13.1. The van der Waals surface area contributed by atoms with E-state index >= 15 is 0 Å². The largest absolute Gasteiger partial charge is 1.00 e. The maximum Gasteiger partial charge on any atom is 1.00 e. The average Bonchev–Trinajstić information content (AvgIpc) is 3.23. The maximum atomic E-state index is 13.1. The fourth-order valence-corrected chi connectivity index (χ4v) is 7.49. The number of carboxylic acids is 3. The van der Waals surface area contributed by atoms with Gasteiger partial charge < -0.3 is 36.4 Å². The van der Waals surface area contributed by atoms with E-state index in [0.29, 0.717) is 19.3 Å². The number of aliphatic carboxylic acids is 3. The number of carboxylic acid groups (broad SMARTS) is 3. The number of hydrogen-bond donors (Lipinski definition) is 6. The number of unbranched alkanes of at least 4 members (excludes halogenated alkanes) is 25. The third-order valence-corrected chi connectivity index (χ3v) is 11.4. The van der Waals surface area contributed by atoms with Crippen LogP contribution in [0.3, 0.4) is 0 Å². The zero-order valence-corrected chi connectivity index (χ0v) is 41.8. The van der Waals surface area contributed by atoms with Crippen molar-refractivity contribution in [1.82, 2.24) is 16.0 Å². The number of aliphatic imine (C=N–C) groups is 1. The molecule has 3 amide bonds. The molecule has 63 heavy (non-hydrogen) atoms. The van der Waals surface area contributed by atoms with Gasteiger partial charge in [-0.15, -0.1) is 0 Å². The normalized spacial score (nSPS) is 12.8. The van der Waals surface area contributed by atoms with Gasteiger partial charge in [0.05, 0.1) is 0 Å². The molecule has 0 aromatic heterocycles. The molecule has 6 N–H and O–H groups in total. The first kappa shape index (κ1) is 62.4. The van der Waals surface area contributed by atoms with Gasteiger partial charge in [-0.3, -0.25) is 29.0 Å². The van der Waals surface area contributed by atoms with Gasteiger partial charge in [-0.05, 0) is 57.3 Å². The first-order valence-corrected chi connectivity index (χ1v) is 24.7. The number of nitrogens with zero attached hydrogens (tertiary/aromatic N) is 1. The molecule has 0 unspecified atom stereocenters. The minimum Gasteiger partial charge on any atom is -0.862 e. The van der Waals surface area contributed by atoms with Crippen LogP contribution in [-0.4, -0.2) is 81.5 Å². The Morgan fingerprint density at radius 2 is 0.873 bits per heavy atom. The molecule has 0 saturated carbocycles. The Morgan fingerprint density at radius 3 is 1.30 bits per heavy atom. The quantitative estimate of drug-likeness (QED) is 0.0177. The molecule has 0 aliphatic heterocycles. The predicted molar refractivity (Wildman–Crippen MR) is 244 cm³/mol. The topological polar surface area (TPSA) is 235 Å². The summed E-state index contributed by atoms with van der Waals surface area (Å²) in [5, 5.41) is 48.5. The molecule has 0 heterocycles. The van der Waals surface area contributed by atoms with E-state index in [9.17, 15) is 49.2 Å². The van der Waals surface area contributed by atoms with Crippen molar-refractivity contribution in [2.75, 3.05) is 6.54 Å². The van der Waals surface area contributed by atoms with Gasteiger partial charge in [-0.25, -0.2) is 4.79 Å². The number of hydrogen-bond acceptors (Lipinski definition) is 8. The summed E-state index contributed by atoms with van der Waals surface area (Å²) in [4.78, 5) is 77.3. The van der Waals surface area contributed by atoms with Gasteiger partial charge in [0.15, 0.2) is 0 Å². The second kappa shape index (κ2) is 44.5. The average molecular weight is 903 g/mol. The van der Waals surface area contributed by atoms with Crippen LogP contribution in [0.4, 0.5) is 0 Å². The second-order valence-corrected chi connectivity index (χ2v) is 17.2. The number of nitrogens with one attached hydrogen (secondary N) is 3. The molecule has 3 atom stereocenters. The Hall–Kier alpha value is -2.71. The molecule has 0 spiro atoms. The van der Waals surface area contributed by atoms with E-state index in [4.69, 9.17) is 0 Å². The minimum atomic E-state index is -1.32. The summed E-state index contributed by atoms with van der Waals surface area (Å²) in [5.74, 6) is -5.74. The molecule has 0 saturated heterocycles. The number of carbonyl (C=O) groups is 6. The van der Waals surface area contributed by atoms with Gasteiger partial charge in [0.2, 0.25) is 17.7 Å². The van der Waals surface area contributed by atoms with Gasteiger partial charge in [0.25, 0.3) is 0 Å². The number of rotatable bonds is 45. The predicted octanol–water partition coefficient (Wildman–Crippen LogP) is 6.15. The summed E-state index contributed by atoms with van der Waals surface area (Å²) >= 11 is 0. The van der Waals surface area contributed by atoms with Gasteiger partial charge in [-0.1, -0.05) is 168 Å². The Balaban J connectivity index is 0. The van der Waals surface area contributed by atoms with E-state index in [1.807, 2.05) is 0 Å². The molecule has 0 aliphatic carbocycles. The molecular weight excluding hydrogens is 816 g/mol. The van der Waals surface area contributed by atoms with Gasteiger partial charge in [0.1, 0.15) is 18.1 Å². The van der Waals surface area contributed by atoms with Crippen LogP contribution < -0.4 is 50.6 Å². The molecule has 0 bridgehead atoms. The summed E-state index contributed by atoms with van der Waals surface area (Å²) in [6.07, 6.45) is 30.2.